The highest BCUT2D eigenvalue weighted by Crippen LogP contribution is 2.44. The van der Waals surface area contributed by atoms with Crippen LogP contribution in [-0.4, -0.2) is 30.5 Å². The molecule has 0 atom stereocenters. The quantitative estimate of drug-likeness (QED) is 0.409. The van der Waals surface area contributed by atoms with Crippen molar-refractivity contribution in [3.63, 3.8) is 0 Å². The molecule has 0 bridgehead atoms. The van der Waals surface area contributed by atoms with Gasteiger partial charge in [-0.05, 0) is 28.3 Å². The number of benzene rings is 2. The molecule has 0 aliphatic heterocycles. The van der Waals surface area contributed by atoms with Crippen molar-refractivity contribution in [2.75, 3.05) is 13.2 Å². The minimum atomic E-state index is -0.840. The number of hydrogen-bond donors (Lipinski definition) is 1. The molecule has 0 spiro atoms. The molecule has 3 aromatic rings. The average Bonchev–Trinajstić information content (AvgIpc) is 3.10. The van der Waals surface area contributed by atoms with Crippen LogP contribution in [0.15, 0.2) is 60.8 Å². The number of pyridine rings is 1. The minimum absolute atomic E-state index is 0.0127. The highest BCUT2D eigenvalue weighted by Gasteiger charge is 2.28. The Kier molecular flexibility index (Phi) is 5.53. The number of fused-ring (bicyclic) bond motifs is 3. The third kappa shape index (κ3) is 3.91. The molecule has 2 aromatic carbocycles. The molecular weight excluding hydrogens is 383 g/mol. The largest absolute Gasteiger partial charge is 0.449 e. The van der Waals surface area contributed by atoms with Crippen molar-refractivity contribution < 1.29 is 18.7 Å². The summed E-state index contributed by atoms with van der Waals surface area (Å²) in [6.45, 7) is 0.266. The van der Waals surface area contributed by atoms with Crippen LogP contribution in [0.1, 0.15) is 33.0 Å². The smallest absolute Gasteiger partial charge is 0.407 e. The van der Waals surface area contributed by atoms with Gasteiger partial charge in [-0.2, -0.15) is 4.39 Å². The maximum Gasteiger partial charge on any atom is 0.407 e. The van der Waals surface area contributed by atoms with E-state index in [0.717, 1.165) is 22.3 Å². The van der Waals surface area contributed by atoms with Crippen LogP contribution in [0.4, 0.5) is 9.18 Å². The van der Waals surface area contributed by atoms with Crippen LogP contribution in [0.25, 0.3) is 11.1 Å². The summed E-state index contributed by atoms with van der Waals surface area (Å²) in [4.78, 5) is 26.3. The van der Waals surface area contributed by atoms with E-state index in [1.54, 1.807) is 0 Å². The monoisotopic (exact) mass is 400 g/mol. The number of halogens is 1. The number of nitrogens with zero attached hydrogens (tertiary/aromatic N) is 1. The molecule has 0 unspecified atom stereocenters. The Morgan fingerprint density at radius 1 is 1.13 bits per heavy atom. The number of aromatic nitrogens is 1. The van der Waals surface area contributed by atoms with Crippen molar-refractivity contribution in [1.82, 2.24) is 10.3 Å². The summed E-state index contributed by atoms with van der Waals surface area (Å²) in [7, 11) is 0. The molecule has 0 radical (unpaired) electrons. The summed E-state index contributed by atoms with van der Waals surface area (Å²) >= 11 is 0. The van der Waals surface area contributed by atoms with Crippen LogP contribution in [-0.2, 0) is 4.74 Å². The van der Waals surface area contributed by atoms with Crippen LogP contribution >= 0.6 is 0 Å². The summed E-state index contributed by atoms with van der Waals surface area (Å²) in [6.07, 6.45) is 1.03. The van der Waals surface area contributed by atoms with Crippen LogP contribution in [0, 0.1) is 17.8 Å². The lowest BCUT2D eigenvalue weighted by atomic mass is 9.98. The lowest BCUT2D eigenvalue weighted by Gasteiger charge is -2.14. The van der Waals surface area contributed by atoms with Gasteiger partial charge in [0.2, 0.25) is 5.95 Å². The van der Waals surface area contributed by atoms with E-state index in [9.17, 15) is 14.0 Å². The molecule has 1 aromatic heterocycles. The van der Waals surface area contributed by atoms with Crippen molar-refractivity contribution in [3.05, 3.63) is 89.0 Å². The first-order chi connectivity index (χ1) is 14.7. The fourth-order valence-electron chi connectivity index (χ4n) is 3.53. The molecule has 0 fully saturated rings. The summed E-state index contributed by atoms with van der Waals surface area (Å²) in [5, 5.41) is 2.57. The fraction of sp³-hybridized carbons (Fsp3) is 0.125. The van der Waals surface area contributed by atoms with E-state index in [1.165, 1.54) is 12.3 Å². The molecule has 5 nitrogen and oxygen atoms in total. The Hall–Kier alpha value is -3.98. The Balaban J connectivity index is 1.35. The molecule has 1 aliphatic carbocycles. The zero-order chi connectivity index (χ0) is 20.9. The van der Waals surface area contributed by atoms with Gasteiger partial charge in [0, 0.05) is 17.7 Å². The van der Waals surface area contributed by atoms with Crippen LogP contribution in [0.5, 0.6) is 0 Å². The van der Waals surface area contributed by atoms with Gasteiger partial charge in [0.15, 0.2) is 6.29 Å². The summed E-state index contributed by atoms with van der Waals surface area (Å²) < 4.78 is 18.6. The normalized spacial score (nSPS) is 11.6. The van der Waals surface area contributed by atoms with Crippen molar-refractivity contribution >= 4 is 12.4 Å². The maximum absolute atomic E-state index is 13.2. The number of ether oxygens (including phenoxy) is 1. The lowest BCUT2D eigenvalue weighted by molar-refractivity contribution is 0.111. The van der Waals surface area contributed by atoms with Gasteiger partial charge in [0.1, 0.15) is 6.61 Å². The van der Waals surface area contributed by atoms with E-state index in [-0.39, 0.29) is 24.6 Å². The predicted molar refractivity (Wildman–Crippen MR) is 110 cm³/mol. The summed E-state index contributed by atoms with van der Waals surface area (Å²) in [6, 6.07) is 17.5. The van der Waals surface area contributed by atoms with Crippen molar-refractivity contribution in [3.8, 4) is 23.0 Å². The highest BCUT2D eigenvalue weighted by molar-refractivity contribution is 5.79. The first-order valence-electron chi connectivity index (χ1n) is 9.36. The van der Waals surface area contributed by atoms with Crippen LogP contribution in [0.2, 0.25) is 0 Å². The fourth-order valence-corrected chi connectivity index (χ4v) is 3.53. The number of rotatable bonds is 4. The Morgan fingerprint density at radius 2 is 1.80 bits per heavy atom. The van der Waals surface area contributed by atoms with Gasteiger partial charge in [-0.25, -0.2) is 9.78 Å². The molecule has 1 heterocycles. The maximum atomic E-state index is 13.2. The first-order valence-corrected chi connectivity index (χ1v) is 9.36. The summed E-state index contributed by atoms with van der Waals surface area (Å²) in [5.41, 5.74) is 4.83. The molecule has 1 N–H and O–H groups in total. The van der Waals surface area contributed by atoms with Gasteiger partial charge in [-0.1, -0.05) is 60.4 Å². The standard InChI is InChI=1S/C24H17FN2O3/c25-23-17(14-28)12-16(13-27-23)6-5-11-26-24(29)30-15-22-20-9-3-1-7-18(20)19-8-2-4-10-21(19)22/h1-4,7-10,12-14,22H,11,15H2,(H,26,29). The second-order valence-corrected chi connectivity index (χ2v) is 6.70. The van der Waals surface area contributed by atoms with Crippen molar-refractivity contribution in [2.24, 2.45) is 0 Å². The zero-order valence-electron chi connectivity index (χ0n) is 15.9. The molecular formula is C24H17FN2O3. The number of carbonyl (C=O) groups excluding carboxylic acids is 2. The average molecular weight is 400 g/mol. The molecule has 0 saturated carbocycles. The Labute approximate surface area is 172 Å². The number of carbonyl (C=O) groups is 2. The minimum Gasteiger partial charge on any atom is -0.449 e. The molecule has 4 rings (SSSR count). The van der Waals surface area contributed by atoms with Crippen molar-refractivity contribution in [1.29, 1.82) is 0 Å². The van der Waals surface area contributed by atoms with E-state index >= 15 is 0 Å². The topological polar surface area (TPSA) is 68.3 Å². The van der Waals surface area contributed by atoms with Crippen LogP contribution in [0.3, 0.4) is 0 Å². The molecule has 0 saturated heterocycles. The molecule has 6 heteroatoms. The third-order valence-electron chi connectivity index (χ3n) is 4.89. The molecule has 148 valence electrons. The van der Waals surface area contributed by atoms with E-state index in [2.05, 4.69) is 46.4 Å². The summed E-state index contributed by atoms with van der Waals surface area (Å²) in [5.74, 6) is 4.59. The van der Waals surface area contributed by atoms with Gasteiger partial charge in [0.05, 0.1) is 12.1 Å². The lowest BCUT2D eigenvalue weighted by Crippen LogP contribution is -2.26. The molecule has 1 amide bonds. The number of aldehydes is 1. The predicted octanol–water partition coefficient (Wildman–Crippen LogP) is 3.92. The highest BCUT2D eigenvalue weighted by atomic mass is 19.1. The van der Waals surface area contributed by atoms with Gasteiger partial charge in [-0.3, -0.25) is 4.79 Å². The molecule has 1 aliphatic rings. The third-order valence-corrected chi connectivity index (χ3v) is 4.89. The Bertz CT molecular complexity index is 1130. The second-order valence-electron chi connectivity index (χ2n) is 6.70. The van der Waals surface area contributed by atoms with Gasteiger partial charge in [0.25, 0.3) is 0 Å². The number of nitrogens with one attached hydrogen (secondary N) is 1. The van der Waals surface area contributed by atoms with E-state index in [0.29, 0.717) is 11.8 Å². The van der Waals surface area contributed by atoms with E-state index in [4.69, 9.17) is 4.74 Å². The van der Waals surface area contributed by atoms with Gasteiger partial charge >= 0.3 is 6.09 Å². The first kappa shape index (κ1) is 19.3. The van der Waals surface area contributed by atoms with Crippen LogP contribution < -0.4 is 5.32 Å². The van der Waals surface area contributed by atoms with Crippen molar-refractivity contribution in [2.45, 2.75) is 5.92 Å². The SMILES string of the molecule is O=Cc1cc(C#CCNC(=O)OCC2c3ccccc3-c3ccccc32)cnc1F. The Morgan fingerprint density at radius 3 is 2.47 bits per heavy atom. The number of hydrogen-bond acceptors (Lipinski definition) is 4. The zero-order valence-corrected chi connectivity index (χ0v) is 15.9. The molecule has 30 heavy (non-hydrogen) atoms. The van der Waals surface area contributed by atoms with Gasteiger partial charge in [-0.15, -0.1) is 0 Å². The number of amides is 1. The second kappa shape index (κ2) is 8.58. The van der Waals surface area contributed by atoms with E-state index < -0.39 is 12.0 Å². The van der Waals surface area contributed by atoms with Gasteiger partial charge < -0.3 is 10.1 Å². The number of alkyl carbamates (subject to hydrolysis) is 1. The van der Waals surface area contributed by atoms with E-state index in [1.807, 2.05) is 24.3 Å².